The molecule has 2 rings (SSSR count). The Balaban J connectivity index is 2.09. The number of alkyl halides is 3. The van der Waals surface area contributed by atoms with E-state index < -0.39 is 12.1 Å². The summed E-state index contributed by atoms with van der Waals surface area (Å²) in [4.78, 5) is 17.7. The third-order valence-electron chi connectivity index (χ3n) is 3.59. The predicted octanol–water partition coefficient (Wildman–Crippen LogP) is 3.19. The van der Waals surface area contributed by atoms with Gasteiger partial charge in [0.1, 0.15) is 5.82 Å². The van der Waals surface area contributed by atoms with Gasteiger partial charge in [-0.3, -0.25) is 4.79 Å². The molecule has 0 radical (unpaired) electrons. The summed E-state index contributed by atoms with van der Waals surface area (Å²) in [6.45, 7) is 0.160. The van der Waals surface area contributed by atoms with Gasteiger partial charge in [0.25, 0.3) is 5.91 Å². The number of rotatable bonds is 2. The first-order chi connectivity index (χ1) is 9.82. The topological polar surface area (TPSA) is 45.2 Å². The van der Waals surface area contributed by atoms with Crippen LogP contribution in [0.1, 0.15) is 23.2 Å². The van der Waals surface area contributed by atoms with Gasteiger partial charge in [0, 0.05) is 26.3 Å². The van der Waals surface area contributed by atoms with E-state index >= 15 is 0 Å². The van der Waals surface area contributed by atoms with Crippen molar-refractivity contribution < 1.29 is 18.0 Å². The van der Waals surface area contributed by atoms with Crippen LogP contribution < -0.4 is 5.32 Å². The van der Waals surface area contributed by atoms with Crippen molar-refractivity contribution in [1.29, 1.82) is 0 Å². The Morgan fingerprint density at radius 1 is 1.43 bits per heavy atom. The Morgan fingerprint density at radius 3 is 2.57 bits per heavy atom. The van der Waals surface area contributed by atoms with E-state index in [0.29, 0.717) is 5.82 Å². The van der Waals surface area contributed by atoms with Crippen molar-refractivity contribution in [1.82, 2.24) is 9.88 Å². The van der Waals surface area contributed by atoms with Crippen LogP contribution in [0.2, 0.25) is 5.02 Å². The Morgan fingerprint density at radius 2 is 2.05 bits per heavy atom. The average molecular weight is 322 g/mol. The van der Waals surface area contributed by atoms with Crippen molar-refractivity contribution in [3.8, 4) is 0 Å². The lowest BCUT2D eigenvalue weighted by Crippen LogP contribution is -2.42. The van der Waals surface area contributed by atoms with E-state index in [0.717, 1.165) is 0 Å². The summed E-state index contributed by atoms with van der Waals surface area (Å²) in [6, 6.07) is 1.50. The number of pyridine rings is 1. The van der Waals surface area contributed by atoms with Gasteiger partial charge in [0.2, 0.25) is 0 Å². The zero-order chi connectivity index (χ0) is 15.6. The molecular weight excluding hydrogens is 307 g/mol. The third-order valence-corrected chi connectivity index (χ3v) is 3.89. The fourth-order valence-electron chi connectivity index (χ4n) is 2.32. The molecule has 1 fully saturated rings. The van der Waals surface area contributed by atoms with Crippen molar-refractivity contribution >= 4 is 23.3 Å². The molecule has 0 aliphatic carbocycles. The molecule has 1 N–H and O–H groups in total. The molecule has 0 saturated carbocycles. The van der Waals surface area contributed by atoms with Gasteiger partial charge in [-0.15, -0.1) is 0 Å². The fraction of sp³-hybridized carbons (Fsp3) is 0.538. The number of likely N-dealkylation sites (tertiary alicyclic amines) is 1. The third kappa shape index (κ3) is 3.58. The van der Waals surface area contributed by atoms with Gasteiger partial charge in [0.05, 0.1) is 16.5 Å². The minimum Gasteiger partial charge on any atom is -0.373 e. The number of halogens is 4. The standard InChI is InChI=1S/C13H15ClF3N3O/c1-18-11-6-9(10(14)7-19-11)12(21)20-4-2-8(3-5-20)13(15,16)17/h6-8H,2-5H2,1H3,(H,18,19). The highest BCUT2D eigenvalue weighted by molar-refractivity contribution is 6.33. The number of hydrogen-bond donors (Lipinski definition) is 1. The normalized spacial score (nSPS) is 16.9. The summed E-state index contributed by atoms with van der Waals surface area (Å²) in [7, 11) is 1.65. The number of amides is 1. The maximum absolute atomic E-state index is 12.6. The molecule has 1 saturated heterocycles. The Hall–Kier alpha value is -1.50. The second-order valence-electron chi connectivity index (χ2n) is 4.91. The first kappa shape index (κ1) is 15.9. The Kier molecular flexibility index (Phi) is 4.61. The van der Waals surface area contributed by atoms with Crippen molar-refractivity contribution in [2.45, 2.75) is 19.0 Å². The van der Waals surface area contributed by atoms with Crippen LogP contribution in [-0.2, 0) is 0 Å². The first-order valence-electron chi connectivity index (χ1n) is 6.52. The van der Waals surface area contributed by atoms with E-state index in [4.69, 9.17) is 11.6 Å². The smallest absolute Gasteiger partial charge is 0.373 e. The van der Waals surface area contributed by atoms with E-state index in [9.17, 15) is 18.0 Å². The zero-order valence-electron chi connectivity index (χ0n) is 11.4. The molecule has 4 nitrogen and oxygen atoms in total. The quantitative estimate of drug-likeness (QED) is 0.910. The second kappa shape index (κ2) is 6.09. The number of hydrogen-bond acceptors (Lipinski definition) is 3. The van der Waals surface area contributed by atoms with Gasteiger partial charge >= 0.3 is 6.18 Å². The molecule has 0 spiro atoms. The minimum atomic E-state index is -4.19. The monoisotopic (exact) mass is 321 g/mol. The summed E-state index contributed by atoms with van der Waals surface area (Å²) in [5.41, 5.74) is 0.251. The summed E-state index contributed by atoms with van der Waals surface area (Å²) in [6.07, 6.45) is -2.99. The zero-order valence-corrected chi connectivity index (χ0v) is 12.1. The van der Waals surface area contributed by atoms with Crippen LogP contribution in [0.15, 0.2) is 12.3 Å². The highest BCUT2D eigenvalue weighted by Crippen LogP contribution is 2.34. The number of nitrogens with one attached hydrogen (secondary N) is 1. The molecule has 0 atom stereocenters. The second-order valence-corrected chi connectivity index (χ2v) is 5.31. The maximum Gasteiger partial charge on any atom is 0.391 e. The molecule has 1 aromatic rings. The lowest BCUT2D eigenvalue weighted by molar-refractivity contribution is -0.183. The predicted molar refractivity (Wildman–Crippen MR) is 73.5 cm³/mol. The van der Waals surface area contributed by atoms with E-state index in [2.05, 4.69) is 10.3 Å². The van der Waals surface area contributed by atoms with Crippen LogP contribution in [-0.4, -0.2) is 42.1 Å². The van der Waals surface area contributed by atoms with Crippen LogP contribution in [0.4, 0.5) is 19.0 Å². The summed E-state index contributed by atoms with van der Waals surface area (Å²) < 4.78 is 37.8. The van der Waals surface area contributed by atoms with Crippen molar-refractivity contribution in [2.24, 2.45) is 5.92 Å². The van der Waals surface area contributed by atoms with Gasteiger partial charge in [-0.25, -0.2) is 4.98 Å². The van der Waals surface area contributed by atoms with E-state index in [1.54, 1.807) is 7.05 Å². The summed E-state index contributed by atoms with van der Waals surface area (Å²) in [5.74, 6) is -1.21. The molecule has 0 aromatic carbocycles. The van der Waals surface area contributed by atoms with Crippen LogP contribution in [0.5, 0.6) is 0 Å². The molecule has 0 bridgehead atoms. The summed E-state index contributed by atoms with van der Waals surface area (Å²) >= 11 is 5.95. The van der Waals surface area contributed by atoms with E-state index in [1.807, 2.05) is 0 Å². The molecule has 1 aliphatic heterocycles. The van der Waals surface area contributed by atoms with Crippen molar-refractivity contribution in [3.63, 3.8) is 0 Å². The fourth-order valence-corrected chi connectivity index (χ4v) is 2.50. The van der Waals surface area contributed by atoms with Crippen LogP contribution in [0, 0.1) is 5.92 Å². The minimum absolute atomic E-state index is 0.0726. The van der Waals surface area contributed by atoms with E-state index in [-0.39, 0.29) is 42.4 Å². The SMILES string of the molecule is CNc1cc(C(=O)N2CCC(C(F)(F)F)CC2)c(Cl)cn1. The Bertz CT molecular complexity index is 528. The molecule has 2 heterocycles. The average Bonchev–Trinajstić information content (AvgIpc) is 2.46. The van der Waals surface area contributed by atoms with Gasteiger partial charge in [-0.2, -0.15) is 13.2 Å². The van der Waals surface area contributed by atoms with Gasteiger partial charge in [-0.1, -0.05) is 11.6 Å². The molecule has 0 unspecified atom stereocenters. The summed E-state index contributed by atoms with van der Waals surface area (Å²) in [5, 5.41) is 2.98. The van der Waals surface area contributed by atoms with E-state index in [1.165, 1.54) is 17.2 Å². The molecular formula is C13H15ClF3N3O. The number of carbonyl (C=O) groups excluding carboxylic acids is 1. The molecule has 1 aromatic heterocycles. The molecule has 116 valence electrons. The number of nitrogens with zero attached hydrogens (tertiary/aromatic N) is 2. The van der Waals surface area contributed by atoms with Crippen LogP contribution in [0.3, 0.4) is 0 Å². The number of aromatic nitrogens is 1. The molecule has 1 amide bonds. The van der Waals surface area contributed by atoms with Crippen molar-refractivity contribution in [3.05, 3.63) is 22.8 Å². The lowest BCUT2D eigenvalue weighted by atomic mass is 9.96. The molecule has 8 heteroatoms. The largest absolute Gasteiger partial charge is 0.391 e. The van der Waals surface area contributed by atoms with Crippen LogP contribution in [0.25, 0.3) is 0 Å². The van der Waals surface area contributed by atoms with Gasteiger partial charge < -0.3 is 10.2 Å². The number of piperidine rings is 1. The van der Waals surface area contributed by atoms with Crippen molar-refractivity contribution in [2.75, 3.05) is 25.5 Å². The number of carbonyl (C=O) groups is 1. The number of anilines is 1. The lowest BCUT2D eigenvalue weighted by Gasteiger charge is -2.33. The van der Waals surface area contributed by atoms with Gasteiger partial charge in [-0.05, 0) is 18.9 Å². The highest BCUT2D eigenvalue weighted by atomic mass is 35.5. The van der Waals surface area contributed by atoms with Gasteiger partial charge in [0.15, 0.2) is 0 Å². The Labute approximate surface area is 125 Å². The molecule has 21 heavy (non-hydrogen) atoms. The molecule has 1 aliphatic rings. The maximum atomic E-state index is 12.6. The van der Waals surface area contributed by atoms with Crippen LogP contribution >= 0.6 is 11.6 Å². The first-order valence-corrected chi connectivity index (χ1v) is 6.90. The highest BCUT2D eigenvalue weighted by Gasteiger charge is 2.41.